The third-order valence-corrected chi connectivity index (χ3v) is 5.99. The van der Waals surface area contributed by atoms with E-state index in [1.54, 1.807) is 0 Å². The summed E-state index contributed by atoms with van der Waals surface area (Å²) in [5.41, 5.74) is 3.43. The Labute approximate surface area is 177 Å². The third kappa shape index (κ3) is 5.30. The Morgan fingerprint density at radius 1 is 1.14 bits per heavy atom. The van der Waals surface area contributed by atoms with Gasteiger partial charge in [0.1, 0.15) is 12.4 Å². The van der Waals surface area contributed by atoms with Crippen molar-refractivity contribution < 1.29 is 9.53 Å². The van der Waals surface area contributed by atoms with Gasteiger partial charge in [-0.05, 0) is 48.4 Å². The smallest absolute Gasteiger partial charge is 0.227 e. The fourth-order valence-electron chi connectivity index (χ4n) is 3.97. The molecule has 0 bridgehead atoms. The number of amides is 1. The van der Waals surface area contributed by atoms with E-state index in [1.807, 2.05) is 18.2 Å². The van der Waals surface area contributed by atoms with Gasteiger partial charge >= 0.3 is 0 Å². The molecule has 2 aromatic rings. The molecule has 4 rings (SSSR count). The SMILES string of the molecule is CN1CCN(Cc2cccc(CNC(=O)C3COc4ccc(Cl)cc4C3)c2)CC1. The number of rotatable bonds is 5. The maximum Gasteiger partial charge on any atom is 0.227 e. The molecule has 1 N–H and O–H groups in total. The molecule has 0 spiro atoms. The lowest BCUT2D eigenvalue weighted by molar-refractivity contribution is -0.126. The first-order valence-electron chi connectivity index (χ1n) is 10.2. The summed E-state index contributed by atoms with van der Waals surface area (Å²) in [4.78, 5) is 17.5. The van der Waals surface area contributed by atoms with Gasteiger partial charge in [0.05, 0.1) is 5.92 Å². The van der Waals surface area contributed by atoms with Crippen LogP contribution < -0.4 is 10.1 Å². The lowest BCUT2D eigenvalue weighted by Gasteiger charge is -2.32. The second-order valence-corrected chi connectivity index (χ2v) is 8.52. The fourth-order valence-corrected chi connectivity index (χ4v) is 4.16. The van der Waals surface area contributed by atoms with E-state index in [1.165, 1.54) is 5.56 Å². The van der Waals surface area contributed by atoms with Crippen molar-refractivity contribution in [3.05, 3.63) is 64.2 Å². The van der Waals surface area contributed by atoms with Crippen molar-refractivity contribution in [1.82, 2.24) is 15.1 Å². The maximum absolute atomic E-state index is 12.7. The van der Waals surface area contributed by atoms with Crippen molar-refractivity contribution in [3.8, 4) is 5.75 Å². The number of likely N-dealkylation sites (N-methyl/N-ethyl adjacent to an activating group) is 1. The molecule has 5 nitrogen and oxygen atoms in total. The number of benzene rings is 2. The van der Waals surface area contributed by atoms with Crippen molar-refractivity contribution in [2.45, 2.75) is 19.5 Å². The number of nitrogens with zero attached hydrogens (tertiary/aromatic N) is 2. The average molecular weight is 414 g/mol. The van der Waals surface area contributed by atoms with E-state index in [4.69, 9.17) is 16.3 Å². The van der Waals surface area contributed by atoms with E-state index in [9.17, 15) is 4.79 Å². The van der Waals surface area contributed by atoms with Crippen LogP contribution in [0.5, 0.6) is 5.75 Å². The molecule has 2 aliphatic rings. The number of nitrogens with one attached hydrogen (secondary N) is 1. The van der Waals surface area contributed by atoms with Gasteiger partial charge in [-0.15, -0.1) is 0 Å². The van der Waals surface area contributed by atoms with Crippen LogP contribution in [0, 0.1) is 5.92 Å². The number of hydrogen-bond acceptors (Lipinski definition) is 4. The quantitative estimate of drug-likeness (QED) is 0.818. The number of ether oxygens (including phenoxy) is 1. The topological polar surface area (TPSA) is 44.8 Å². The van der Waals surface area contributed by atoms with Gasteiger partial charge in [-0.25, -0.2) is 0 Å². The lowest BCUT2D eigenvalue weighted by atomic mass is 9.96. The number of halogens is 1. The minimum Gasteiger partial charge on any atom is -0.492 e. The Balaban J connectivity index is 1.30. The highest BCUT2D eigenvalue weighted by molar-refractivity contribution is 6.30. The van der Waals surface area contributed by atoms with Gasteiger partial charge in [-0.3, -0.25) is 9.69 Å². The summed E-state index contributed by atoms with van der Waals surface area (Å²) in [6.07, 6.45) is 0.658. The second-order valence-electron chi connectivity index (χ2n) is 8.08. The van der Waals surface area contributed by atoms with Crippen LogP contribution >= 0.6 is 11.6 Å². The van der Waals surface area contributed by atoms with E-state index >= 15 is 0 Å². The van der Waals surface area contributed by atoms with Gasteiger partial charge in [-0.1, -0.05) is 35.9 Å². The molecule has 2 aromatic carbocycles. The Morgan fingerprint density at radius 3 is 2.76 bits per heavy atom. The Hall–Kier alpha value is -2.08. The van der Waals surface area contributed by atoms with Gasteiger partial charge in [0.15, 0.2) is 0 Å². The summed E-state index contributed by atoms with van der Waals surface area (Å²) in [6, 6.07) is 14.1. The molecule has 2 aliphatic heterocycles. The van der Waals surface area contributed by atoms with Crippen LogP contribution in [0.2, 0.25) is 5.02 Å². The highest BCUT2D eigenvalue weighted by Gasteiger charge is 2.26. The van der Waals surface area contributed by atoms with Crippen molar-refractivity contribution in [3.63, 3.8) is 0 Å². The van der Waals surface area contributed by atoms with Crippen molar-refractivity contribution in [1.29, 1.82) is 0 Å². The summed E-state index contributed by atoms with van der Waals surface area (Å²) in [6.45, 7) is 6.35. The number of fused-ring (bicyclic) bond motifs is 1. The Bertz CT molecular complexity index is 865. The zero-order chi connectivity index (χ0) is 20.2. The van der Waals surface area contributed by atoms with Crippen LogP contribution in [-0.4, -0.2) is 55.5 Å². The molecule has 1 amide bonds. The largest absolute Gasteiger partial charge is 0.492 e. The first-order chi connectivity index (χ1) is 14.1. The van der Waals surface area contributed by atoms with Gasteiger partial charge in [0.25, 0.3) is 0 Å². The summed E-state index contributed by atoms with van der Waals surface area (Å²) in [5, 5.41) is 3.75. The summed E-state index contributed by atoms with van der Waals surface area (Å²) in [7, 11) is 2.17. The lowest BCUT2D eigenvalue weighted by Crippen LogP contribution is -2.43. The van der Waals surface area contributed by atoms with Gasteiger partial charge in [0, 0.05) is 44.3 Å². The summed E-state index contributed by atoms with van der Waals surface area (Å²) < 4.78 is 5.75. The van der Waals surface area contributed by atoms with Crippen LogP contribution in [0.4, 0.5) is 0 Å². The van der Waals surface area contributed by atoms with Crippen LogP contribution in [0.1, 0.15) is 16.7 Å². The Kier molecular flexibility index (Phi) is 6.38. The molecule has 0 saturated carbocycles. The number of hydrogen-bond donors (Lipinski definition) is 1. The second kappa shape index (κ2) is 9.16. The molecule has 0 aromatic heterocycles. The normalized spacial score (nSPS) is 20.0. The minimum absolute atomic E-state index is 0.0279. The van der Waals surface area contributed by atoms with E-state index in [2.05, 4.69) is 46.4 Å². The van der Waals surface area contributed by atoms with E-state index < -0.39 is 0 Å². The summed E-state index contributed by atoms with van der Waals surface area (Å²) in [5.74, 6) is 0.671. The number of piperazine rings is 1. The van der Waals surface area contributed by atoms with Gasteiger partial charge in [0.2, 0.25) is 5.91 Å². The molecule has 1 unspecified atom stereocenters. The highest BCUT2D eigenvalue weighted by atomic mass is 35.5. The standard InChI is InChI=1S/C23H28ClN3O2/c1-26-7-9-27(10-8-26)15-18-4-2-3-17(11-18)14-25-23(28)20-12-19-13-21(24)5-6-22(19)29-16-20/h2-6,11,13,20H,7-10,12,14-16H2,1H3,(H,25,28). The van der Waals surface area contributed by atoms with Crippen LogP contribution in [0.3, 0.4) is 0 Å². The van der Waals surface area contributed by atoms with Crippen LogP contribution in [0.15, 0.2) is 42.5 Å². The van der Waals surface area contributed by atoms with Crippen molar-refractivity contribution in [2.24, 2.45) is 5.92 Å². The van der Waals surface area contributed by atoms with Crippen molar-refractivity contribution >= 4 is 17.5 Å². The molecule has 1 atom stereocenters. The van der Waals surface area contributed by atoms with E-state index in [-0.39, 0.29) is 11.8 Å². The highest BCUT2D eigenvalue weighted by Crippen LogP contribution is 2.29. The van der Waals surface area contributed by atoms with E-state index in [0.717, 1.165) is 49.6 Å². The van der Waals surface area contributed by atoms with Crippen LogP contribution in [0.25, 0.3) is 0 Å². The van der Waals surface area contributed by atoms with Crippen molar-refractivity contribution in [2.75, 3.05) is 39.8 Å². The molecule has 154 valence electrons. The average Bonchev–Trinajstić information content (AvgIpc) is 2.73. The molecule has 2 heterocycles. The number of carbonyl (C=O) groups is 1. The molecular formula is C23H28ClN3O2. The van der Waals surface area contributed by atoms with E-state index in [0.29, 0.717) is 24.6 Å². The van der Waals surface area contributed by atoms with Gasteiger partial charge in [-0.2, -0.15) is 0 Å². The molecule has 29 heavy (non-hydrogen) atoms. The molecular weight excluding hydrogens is 386 g/mol. The monoisotopic (exact) mass is 413 g/mol. The van der Waals surface area contributed by atoms with Crippen LogP contribution in [-0.2, 0) is 24.3 Å². The predicted octanol–water partition coefficient (Wildman–Crippen LogP) is 2.95. The zero-order valence-electron chi connectivity index (χ0n) is 16.9. The fraction of sp³-hybridized carbons (Fsp3) is 0.435. The first kappa shape index (κ1) is 20.2. The van der Waals surface area contributed by atoms with Gasteiger partial charge < -0.3 is 15.0 Å². The number of carbonyl (C=O) groups excluding carboxylic acids is 1. The third-order valence-electron chi connectivity index (χ3n) is 5.76. The Morgan fingerprint density at radius 2 is 1.93 bits per heavy atom. The predicted molar refractivity (Wildman–Crippen MR) is 115 cm³/mol. The molecule has 6 heteroatoms. The maximum atomic E-state index is 12.7. The first-order valence-corrected chi connectivity index (χ1v) is 10.6. The molecule has 0 radical (unpaired) electrons. The molecule has 1 saturated heterocycles. The minimum atomic E-state index is -0.186. The molecule has 0 aliphatic carbocycles. The molecule has 1 fully saturated rings. The zero-order valence-corrected chi connectivity index (χ0v) is 17.6. The summed E-state index contributed by atoms with van der Waals surface area (Å²) >= 11 is 6.08.